The number of hydrogen-bond donors (Lipinski definition) is 1. The lowest BCUT2D eigenvalue weighted by Gasteiger charge is -2.18. The zero-order valence-electron chi connectivity index (χ0n) is 16.5. The first-order valence-corrected chi connectivity index (χ1v) is 10.7. The molecule has 0 saturated heterocycles. The number of benzene rings is 1. The van der Waals surface area contributed by atoms with Crippen molar-refractivity contribution in [2.45, 2.75) is 25.7 Å². The Morgan fingerprint density at radius 2 is 1.79 bits per heavy atom. The van der Waals surface area contributed by atoms with Gasteiger partial charge in [-0.25, -0.2) is 13.4 Å². The number of anilines is 1. The minimum atomic E-state index is -3.56. The summed E-state index contributed by atoms with van der Waals surface area (Å²) in [5.74, 6) is 0.691. The summed E-state index contributed by atoms with van der Waals surface area (Å²) in [4.78, 5) is 17.1. The number of pyridine rings is 1. The van der Waals surface area contributed by atoms with E-state index < -0.39 is 10.0 Å². The number of nitrogens with zero attached hydrogens (tertiary/aromatic N) is 4. The van der Waals surface area contributed by atoms with Crippen LogP contribution in [0, 0.1) is 6.92 Å². The summed E-state index contributed by atoms with van der Waals surface area (Å²) in [6, 6.07) is 13.1. The summed E-state index contributed by atoms with van der Waals surface area (Å²) < 4.78 is 28.1. The third-order valence-corrected chi connectivity index (χ3v) is 6.46. The smallest absolute Gasteiger partial charge is 0.256 e. The molecule has 0 aliphatic heterocycles. The summed E-state index contributed by atoms with van der Waals surface area (Å²) in [6.45, 7) is 6.17. The van der Waals surface area contributed by atoms with Crippen molar-refractivity contribution in [3.63, 3.8) is 0 Å². The average Bonchev–Trinajstić information content (AvgIpc) is 3.09. The largest absolute Gasteiger partial charge is 0.306 e. The zero-order chi connectivity index (χ0) is 21.0. The van der Waals surface area contributed by atoms with E-state index in [1.165, 1.54) is 28.6 Å². The number of amides is 1. The summed E-state index contributed by atoms with van der Waals surface area (Å²) >= 11 is 0. The molecule has 1 aromatic carbocycles. The number of carbonyl (C=O) groups excluding carboxylic acids is 1. The van der Waals surface area contributed by atoms with Crippen molar-refractivity contribution in [2.75, 3.05) is 18.4 Å². The van der Waals surface area contributed by atoms with Gasteiger partial charge in [0.1, 0.15) is 5.82 Å². The molecule has 3 aromatic rings. The molecule has 3 rings (SSSR count). The highest BCUT2D eigenvalue weighted by molar-refractivity contribution is 7.89. The summed E-state index contributed by atoms with van der Waals surface area (Å²) in [5, 5.41) is 7.18. The Labute approximate surface area is 170 Å². The van der Waals surface area contributed by atoms with Crippen LogP contribution in [0.3, 0.4) is 0 Å². The fourth-order valence-corrected chi connectivity index (χ4v) is 4.38. The van der Waals surface area contributed by atoms with Crippen LogP contribution in [0.15, 0.2) is 59.6 Å². The zero-order valence-corrected chi connectivity index (χ0v) is 17.3. The minimum absolute atomic E-state index is 0.159. The normalized spacial score (nSPS) is 11.6. The van der Waals surface area contributed by atoms with Gasteiger partial charge in [0.25, 0.3) is 5.91 Å². The van der Waals surface area contributed by atoms with Crippen LogP contribution in [0.5, 0.6) is 0 Å². The first-order valence-electron chi connectivity index (χ1n) is 9.26. The fourth-order valence-electron chi connectivity index (χ4n) is 2.92. The van der Waals surface area contributed by atoms with Gasteiger partial charge in [0.15, 0.2) is 5.82 Å². The van der Waals surface area contributed by atoms with Crippen molar-refractivity contribution in [1.82, 2.24) is 19.1 Å². The predicted molar refractivity (Wildman–Crippen MR) is 111 cm³/mol. The first kappa shape index (κ1) is 20.7. The predicted octanol–water partition coefficient (Wildman–Crippen LogP) is 2.86. The van der Waals surface area contributed by atoms with E-state index in [-0.39, 0.29) is 10.8 Å². The Hall–Kier alpha value is -3.04. The summed E-state index contributed by atoms with van der Waals surface area (Å²) in [6.07, 6.45) is 1.65. The van der Waals surface area contributed by atoms with E-state index in [1.54, 1.807) is 42.9 Å². The van der Waals surface area contributed by atoms with Gasteiger partial charge in [-0.2, -0.15) is 14.1 Å². The maximum atomic E-state index is 12.7. The molecule has 0 fully saturated rings. The van der Waals surface area contributed by atoms with E-state index in [0.29, 0.717) is 30.3 Å². The standard InChI is InChI=1S/C20H23N5O3S/c1-4-24(5-2)29(27,28)17-11-9-16(10-12-17)20(26)22-19-14-15(3)23-25(19)18-8-6-7-13-21-18/h6-14H,4-5H2,1-3H3,(H,22,26). The van der Waals surface area contributed by atoms with Crippen molar-refractivity contribution >= 4 is 21.7 Å². The molecule has 8 nitrogen and oxygen atoms in total. The summed E-state index contributed by atoms with van der Waals surface area (Å²) in [5.41, 5.74) is 1.07. The molecule has 0 unspecified atom stereocenters. The molecule has 0 spiro atoms. The quantitative estimate of drug-likeness (QED) is 0.642. The topological polar surface area (TPSA) is 97.2 Å². The number of nitrogens with one attached hydrogen (secondary N) is 1. The minimum Gasteiger partial charge on any atom is -0.306 e. The third kappa shape index (κ3) is 4.36. The molecule has 0 saturated carbocycles. The van der Waals surface area contributed by atoms with Crippen molar-refractivity contribution in [1.29, 1.82) is 0 Å². The molecule has 2 aromatic heterocycles. The van der Waals surface area contributed by atoms with E-state index in [0.717, 1.165) is 5.69 Å². The van der Waals surface area contributed by atoms with Crippen LogP contribution in [0.1, 0.15) is 29.9 Å². The van der Waals surface area contributed by atoms with Crippen molar-refractivity contribution in [3.05, 3.63) is 66.0 Å². The molecule has 0 atom stereocenters. The lowest BCUT2D eigenvalue weighted by molar-refractivity contribution is 0.102. The molecule has 0 aliphatic rings. The molecular formula is C20H23N5O3S. The van der Waals surface area contributed by atoms with Gasteiger partial charge in [-0.15, -0.1) is 0 Å². The highest BCUT2D eigenvalue weighted by Crippen LogP contribution is 2.19. The maximum Gasteiger partial charge on any atom is 0.256 e. The molecular weight excluding hydrogens is 390 g/mol. The van der Waals surface area contributed by atoms with Crippen LogP contribution < -0.4 is 5.32 Å². The second-order valence-electron chi connectivity index (χ2n) is 6.34. The Morgan fingerprint density at radius 1 is 1.10 bits per heavy atom. The Kier molecular flexibility index (Phi) is 6.09. The van der Waals surface area contributed by atoms with Crippen LogP contribution >= 0.6 is 0 Å². The highest BCUT2D eigenvalue weighted by Gasteiger charge is 2.22. The number of sulfonamides is 1. The van der Waals surface area contributed by atoms with Crippen LogP contribution in [0.25, 0.3) is 5.82 Å². The van der Waals surface area contributed by atoms with Crippen LogP contribution in [0.2, 0.25) is 0 Å². The van der Waals surface area contributed by atoms with E-state index in [4.69, 9.17) is 0 Å². The van der Waals surface area contributed by atoms with Crippen molar-refractivity contribution in [3.8, 4) is 5.82 Å². The Bertz CT molecular complexity index is 1090. The lowest BCUT2D eigenvalue weighted by Crippen LogP contribution is -2.30. The van der Waals surface area contributed by atoms with E-state index in [1.807, 2.05) is 13.0 Å². The maximum absolute atomic E-state index is 12.7. The van der Waals surface area contributed by atoms with Gasteiger partial charge in [0.05, 0.1) is 10.6 Å². The molecule has 152 valence electrons. The highest BCUT2D eigenvalue weighted by atomic mass is 32.2. The Balaban J connectivity index is 1.83. The molecule has 9 heteroatoms. The monoisotopic (exact) mass is 413 g/mol. The second-order valence-corrected chi connectivity index (χ2v) is 8.28. The number of rotatable bonds is 7. The second kappa shape index (κ2) is 8.54. The lowest BCUT2D eigenvalue weighted by atomic mass is 10.2. The first-order chi connectivity index (χ1) is 13.9. The molecule has 1 amide bonds. The van der Waals surface area contributed by atoms with Gasteiger partial charge in [0.2, 0.25) is 10.0 Å². The number of aryl methyl sites for hydroxylation is 1. The van der Waals surface area contributed by atoms with Gasteiger partial charge in [-0.1, -0.05) is 19.9 Å². The van der Waals surface area contributed by atoms with Gasteiger partial charge in [-0.3, -0.25) is 4.79 Å². The Morgan fingerprint density at radius 3 is 2.38 bits per heavy atom. The number of carbonyl (C=O) groups is 1. The molecule has 1 N–H and O–H groups in total. The molecule has 0 bridgehead atoms. The van der Waals surface area contributed by atoms with Crippen LogP contribution in [-0.4, -0.2) is 46.5 Å². The van der Waals surface area contributed by atoms with Gasteiger partial charge in [-0.05, 0) is 43.3 Å². The van der Waals surface area contributed by atoms with Gasteiger partial charge in [0, 0.05) is 30.9 Å². The van der Waals surface area contributed by atoms with E-state index >= 15 is 0 Å². The fraction of sp³-hybridized carbons (Fsp3) is 0.250. The molecule has 2 heterocycles. The van der Waals surface area contributed by atoms with Crippen molar-refractivity contribution < 1.29 is 13.2 Å². The SMILES string of the molecule is CCN(CC)S(=O)(=O)c1ccc(C(=O)Nc2cc(C)nn2-c2ccccn2)cc1. The van der Waals surface area contributed by atoms with E-state index in [9.17, 15) is 13.2 Å². The molecule has 0 aliphatic carbocycles. The van der Waals surface area contributed by atoms with Crippen molar-refractivity contribution in [2.24, 2.45) is 0 Å². The molecule has 0 radical (unpaired) electrons. The number of hydrogen-bond acceptors (Lipinski definition) is 5. The number of aromatic nitrogens is 3. The van der Waals surface area contributed by atoms with Crippen LogP contribution in [0.4, 0.5) is 5.82 Å². The molecule has 29 heavy (non-hydrogen) atoms. The van der Waals surface area contributed by atoms with E-state index in [2.05, 4.69) is 15.4 Å². The van der Waals surface area contributed by atoms with Gasteiger partial charge < -0.3 is 5.32 Å². The third-order valence-electron chi connectivity index (χ3n) is 4.40. The van der Waals surface area contributed by atoms with Gasteiger partial charge >= 0.3 is 0 Å². The summed E-state index contributed by atoms with van der Waals surface area (Å²) in [7, 11) is -3.56. The average molecular weight is 414 g/mol. The van der Waals surface area contributed by atoms with Crippen LogP contribution in [-0.2, 0) is 10.0 Å².